The molecule has 0 aliphatic carbocycles. The van der Waals surface area contributed by atoms with Crippen LogP contribution in [0, 0.1) is 0 Å². The quantitative estimate of drug-likeness (QED) is 0.511. The van der Waals surface area contributed by atoms with Crippen molar-refractivity contribution < 1.29 is 33.3 Å². The number of para-hydroxylation sites is 1. The minimum atomic E-state index is -0.687. The number of ether oxygens (including phenoxy) is 4. The molecule has 0 heterocycles. The predicted molar refractivity (Wildman–Crippen MR) is 127 cm³/mol. The number of rotatable bonds is 9. The summed E-state index contributed by atoms with van der Waals surface area (Å²) in [4.78, 5) is 36.8. The summed E-state index contributed by atoms with van der Waals surface area (Å²) < 4.78 is 21.0. The number of hydrogen-bond acceptors (Lipinski definition) is 7. The van der Waals surface area contributed by atoms with Crippen molar-refractivity contribution in [2.24, 2.45) is 0 Å². The summed E-state index contributed by atoms with van der Waals surface area (Å²) in [6.45, 7) is 5.08. The number of hydrogen-bond donors (Lipinski definition) is 3. The van der Waals surface area contributed by atoms with Crippen LogP contribution in [-0.4, -0.2) is 51.4 Å². The average Bonchev–Trinajstić information content (AvgIpc) is 2.79. The van der Waals surface area contributed by atoms with Crippen LogP contribution in [0.1, 0.15) is 36.7 Å². The second-order valence-electron chi connectivity index (χ2n) is 8.16. The van der Waals surface area contributed by atoms with Crippen LogP contribution < -0.4 is 30.2 Å². The third-order valence-electron chi connectivity index (χ3n) is 4.45. The molecule has 0 fully saturated rings. The van der Waals surface area contributed by atoms with Crippen molar-refractivity contribution in [2.75, 3.05) is 33.2 Å². The summed E-state index contributed by atoms with van der Waals surface area (Å²) in [6, 6.07) is 10.1. The van der Waals surface area contributed by atoms with Crippen molar-refractivity contribution in [1.29, 1.82) is 0 Å². The van der Waals surface area contributed by atoms with E-state index in [-0.39, 0.29) is 19.0 Å². The third kappa shape index (κ3) is 7.58. The maximum absolute atomic E-state index is 12.8. The Morgan fingerprint density at radius 2 is 1.50 bits per heavy atom. The lowest BCUT2D eigenvalue weighted by Crippen LogP contribution is -2.37. The van der Waals surface area contributed by atoms with Crippen molar-refractivity contribution in [3.05, 3.63) is 47.5 Å². The number of amides is 3. The molecule has 0 atom stereocenters. The standard InChI is InChI=1S/C24H31N3O7/c1-24(2,3)34-23(30)26-14-20(28)27-17-10-8-7-9-15(17)13-25-22(29)16-11-18(31-4)21(33-6)19(12-16)32-5/h7-12H,13-14H2,1-6H3,(H,25,29)(H,26,30)(H,27,28). The van der Waals surface area contributed by atoms with Crippen molar-refractivity contribution in [3.63, 3.8) is 0 Å². The van der Waals surface area contributed by atoms with E-state index in [2.05, 4.69) is 16.0 Å². The molecule has 3 N–H and O–H groups in total. The van der Waals surface area contributed by atoms with Crippen molar-refractivity contribution in [3.8, 4) is 17.2 Å². The van der Waals surface area contributed by atoms with Crippen LogP contribution >= 0.6 is 0 Å². The van der Waals surface area contributed by atoms with Gasteiger partial charge in [0.25, 0.3) is 5.91 Å². The molecule has 0 saturated heterocycles. The fourth-order valence-electron chi connectivity index (χ4n) is 2.95. The van der Waals surface area contributed by atoms with Gasteiger partial charge in [-0.1, -0.05) is 18.2 Å². The van der Waals surface area contributed by atoms with Gasteiger partial charge in [0.05, 0.1) is 21.3 Å². The molecular formula is C24H31N3O7. The van der Waals surface area contributed by atoms with Crippen LogP contribution in [0.15, 0.2) is 36.4 Å². The normalized spacial score (nSPS) is 10.6. The van der Waals surface area contributed by atoms with Gasteiger partial charge in [-0.25, -0.2) is 4.79 Å². The minimum absolute atomic E-state index is 0.144. The average molecular weight is 474 g/mol. The Balaban J connectivity index is 2.03. The molecule has 2 aromatic carbocycles. The monoisotopic (exact) mass is 473 g/mol. The largest absolute Gasteiger partial charge is 0.493 e. The first kappa shape index (κ1) is 26.3. The lowest BCUT2D eigenvalue weighted by Gasteiger charge is -2.19. The molecule has 2 rings (SSSR count). The van der Waals surface area contributed by atoms with E-state index in [0.717, 1.165) is 0 Å². The molecule has 3 amide bonds. The van der Waals surface area contributed by atoms with Gasteiger partial charge < -0.3 is 34.9 Å². The van der Waals surface area contributed by atoms with Gasteiger partial charge in [-0.05, 0) is 44.5 Å². The van der Waals surface area contributed by atoms with E-state index in [1.54, 1.807) is 57.2 Å². The molecule has 0 unspecified atom stereocenters. The second kappa shape index (κ2) is 11.8. The van der Waals surface area contributed by atoms with Crippen LogP contribution in [0.4, 0.5) is 10.5 Å². The molecule has 0 saturated carbocycles. The van der Waals surface area contributed by atoms with E-state index in [0.29, 0.717) is 34.1 Å². The molecular weight excluding hydrogens is 442 g/mol. The van der Waals surface area contributed by atoms with E-state index in [9.17, 15) is 14.4 Å². The molecule has 0 aliphatic heterocycles. The molecule has 2 aromatic rings. The predicted octanol–water partition coefficient (Wildman–Crippen LogP) is 3.11. The van der Waals surface area contributed by atoms with Gasteiger partial charge in [0, 0.05) is 17.8 Å². The summed E-state index contributed by atoms with van der Waals surface area (Å²) in [5, 5.41) is 7.94. The first-order valence-corrected chi connectivity index (χ1v) is 10.5. The Morgan fingerprint density at radius 1 is 0.882 bits per heavy atom. The van der Waals surface area contributed by atoms with Gasteiger partial charge in [0.15, 0.2) is 11.5 Å². The zero-order valence-electron chi connectivity index (χ0n) is 20.2. The van der Waals surface area contributed by atoms with Crippen LogP contribution in [0.5, 0.6) is 17.2 Å². The fourth-order valence-corrected chi connectivity index (χ4v) is 2.95. The molecule has 0 radical (unpaired) electrons. The van der Waals surface area contributed by atoms with Crippen molar-refractivity contribution >= 4 is 23.6 Å². The molecule has 0 aliphatic rings. The summed E-state index contributed by atoms with van der Waals surface area (Å²) >= 11 is 0. The van der Waals surface area contributed by atoms with Gasteiger partial charge in [0.2, 0.25) is 11.7 Å². The van der Waals surface area contributed by atoms with Crippen LogP contribution in [0.25, 0.3) is 0 Å². The summed E-state index contributed by atoms with van der Waals surface area (Å²) in [5.74, 6) is 0.296. The van der Waals surface area contributed by atoms with E-state index in [1.807, 2.05) is 0 Å². The first-order valence-electron chi connectivity index (χ1n) is 10.5. The highest BCUT2D eigenvalue weighted by Crippen LogP contribution is 2.38. The van der Waals surface area contributed by atoms with Gasteiger partial charge in [-0.2, -0.15) is 0 Å². The highest BCUT2D eigenvalue weighted by molar-refractivity contribution is 5.96. The van der Waals surface area contributed by atoms with Gasteiger partial charge in [0.1, 0.15) is 12.1 Å². The third-order valence-corrected chi connectivity index (χ3v) is 4.45. The molecule has 0 aromatic heterocycles. The number of methoxy groups -OCH3 is 3. The fraction of sp³-hybridized carbons (Fsp3) is 0.375. The molecule has 10 heteroatoms. The van der Waals surface area contributed by atoms with Crippen LogP contribution in [0.3, 0.4) is 0 Å². The maximum Gasteiger partial charge on any atom is 0.408 e. The van der Waals surface area contributed by atoms with Crippen LogP contribution in [-0.2, 0) is 16.1 Å². The summed E-state index contributed by atoms with van der Waals surface area (Å²) in [6.07, 6.45) is -0.687. The summed E-state index contributed by atoms with van der Waals surface area (Å²) in [5.41, 5.74) is 0.832. The number of carbonyl (C=O) groups excluding carboxylic acids is 3. The van der Waals surface area contributed by atoms with E-state index in [1.165, 1.54) is 21.3 Å². The Hall–Kier alpha value is -3.95. The number of nitrogens with one attached hydrogen (secondary N) is 3. The molecule has 10 nitrogen and oxygen atoms in total. The van der Waals surface area contributed by atoms with Gasteiger partial charge in [-0.3, -0.25) is 9.59 Å². The van der Waals surface area contributed by atoms with E-state index >= 15 is 0 Å². The Morgan fingerprint density at radius 3 is 2.06 bits per heavy atom. The second-order valence-corrected chi connectivity index (χ2v) is 8.16. The first-order chi connectivity index (χ1) is 16.1. The van der Waals surface area contributed by atoms with Gasteiger partial charge >= 0.3 is 6.09 Å². The van der Waals surface area contributed by atoms with E-state index in [4.69, 9.17) is 18.9 Å². The number of alkyl carbamates (subject to hydrolysis) is 1. The Kier molecular flexibility index (Phi) is 9.11. The van der Waals surface area contributed by atoms with Gasteiger partial charge in [-0.15, -0.1) is 0 Å². The van der Waals surface area contributed by atoms with Crippen LogP contribution in [0.2, 0.25) is 0 Å². The highest BCUT2D eigenvalue weighted by atomic mass is 16.6. The minimum Gasteiger partial charge on any atom is -0.493 e. The number of carbonyl (C=O) groups is 3. The topological polar surface area (TPSA) is 124 Å². The maximum atomic E-state index is 12.8. The zero-order chi connectivity index (χ0) is 25.3. The molecule has 34 heavy (non-hydrogen) atoms. The lowest BCUT2D eigenvalue weighted by molar-refractivity contribution is -0.115. The number of benzene rings is 2. The molecule has 0 bridgehead atoms. The van der Waals surface area contributed by atoms with Crippen molar-refractivity contribution in [1.82, 2.24) is 10.6 Å². The van der Waals surface area contributed by atoms with E-state index < -0.39 is 17.6 Å². The highest BCUT2D eigenvalue weighted by Gasteiger charge is 2.18. The Labute approximate surface area is 198 Å². The Bertz CT molecular complexity index is 1010. The zero-order valence-corrected chi connectivity index (χ0v) is 20.2. The van der Waals surface area contributed by atoms with Crippen molar-refractivity contribution in [2.45, 2.75) is 32.9 Å². The SMILES string of the molecule is COc1cc(C(=O)NCc2ccccc2NC(=O)CNC(=O)OC(C)(C)C)cc(OC)c1OC. The smallest absolute Gasteiger partial charge is 0.408 e. The lowest BCUT2D eigenvalue weighted by atomic mass is 10.1. The molecule has 0 spiro atoms. The molecule has 184 valence electrons. The number of anilines is 1. The summed E-state index contributed by atoms with van der Waals surface area (Å²) in [7, 11) is 4.42.